The van der Waals surface area contributed by atoms with Crippen LogP contribution in [0.4, 0.5) is 0 Å². The highest BCUT2D eigenvalue weighted by Gasteiger charge is 2.00. The highest BCUT2D eigenvalue weighted by molar-refractivity contribution is 5.15. The molecule has 2 nitrogen and oxygen atoms in total. The fraction of sp³-hybridized carbons (Fsp3) is 0.667. The molecule has 0 radical (unpaired) electrons. The Morgan fingerprint density at radius 3 is 2.91 bits per heavy atom. The highest BCUT2D eigenvalue weighted by Crippen LogP contribution is 2.08. The number of hydrogen-bond donors (Lipinski definition) is 1. The molecule has 1 aromatic rings. The van der Waals surface area contributed by atoms with E-state index in [1.54, 1.807) is 0 Å². The van der Waals surface area contributed by atoms with Crippen LogP contribution in [0.1, 0.15) is 37.9 Å². The van der Waals surface area contributed by atoms with E-state index >= 15 is 0 Å². The van der Waals surface area contributed by atoms with Gasteiger partial charge in [-0.25, -0.2) is 0 Å². The van der Waals surface area contributed by atoms with Crippen molar-refractivity contribution in [2.75, 3.05) is 0 Å². The second-order valence-corrected chi connectivity index (χ2v) is 2.83. The van der Waals surface area contributed by atoms with Crippen LogP contribution in [0.3, 0.4) is 0 Å². The zero-order valence-corrected chi connectivity index (χ0v) is 7.35. The molecule has 0 unspecified atom stereocenters. The van der Waals surface area contributed by atoms with Crippen molar-refractivity contribution < 1.29 is 0 Å². The maximum atomic E-state index is 4.02. The van der Waals surface area contributed by atoms with E-state index in [1.807, 2.05) is 6.20 Å². The van der Waals surface area contributed by atoms with Crippen LogP contribution >= 0.6 is 0 Å². The van der Waals surface area contributed by atoms with Gasteiger partial charge in [0.25, 0.3) is 0 Å². The first-order valence-corrected chi connectivity index (χ1v) is 4.39. The standard InChI is InChI=1S/C9H16N2/c1-3-5-6-9-8(4-2)7-10-11-9/h7H,3-6H2,1-2H3,(H,10,11). The summed E-state index contributed by atoms with van der Waals surface area (Å²) in [5.74, 6) is 0. The molecule has 0 aliphatic carbocycles. The fourth-order valence-corrected chi connectivity index (χ4v) is 1.21. The van der Waals surface area contributed by atoms with Crippen molar-refractivity contribution in [3.8, 4) is 0 Å². The maximum absolute atomic E-state index is 4.02. The van der Waals surface area contributed by atoms with Gasteiger partial charge in [-0.2, -0.15) is 5.10 Å². The summed E-state index contributed by atoms with van der Waals surface area (Å²) in [6.07, 6.45) is 6.69. The SMILES string of the molecule is CCCCc1[nH]ncc1CC. The Balaban J connectivity index is 2.54. The lowest BCUT2D eigenvalue weighted by Crippen LogP contribution is -1.89. The molecule has 0 aliphatic rings. The lowest BCUT2D eigenvalue weighted by Gasteiger charge is -1.97. The van der Waals surface area contributed by atoms with Crippen molar-refractivity contribution in [1.29, 1.82) is 0 Å². The van der Waals surface area contributed by atoms with Gasteiger partial charge in [-0.1, -0.05) is 20.3 Å². The van der Waals surface area contributed by atoms with Gasteiger partial charge in [-0.05, 0) is 24.8 Å². The van der Waals surface area contributed by atoms with E-state index in [0.29, 0.717) is 0 Å². The quantitative estimate of drug-likeness (QED) is 0.704. The summed E-state index contributed by atoms with van der Waals surface area (Å²) in [7, 11) is 0. The third-order valence-corrected chi connectivity index (χ3v) is 1.97. The first kappa shape index (κ1) is 8.31. The lowest BCUT2D eigenvalue weighted by molar-refractivity contribution is 0.765. The van der Waals surface area contributed by atoms with E-state index in [9.17, 15) is 0 Å². The number of nitrogens with one attached hydrogen (secondary N) is 1. The monoisotopic (exact) mass is 152 g/mol. The van der Waals surface area contributed by atoms with Crippen molar-refractivity contribution in [2.24, 2.45) is 0 Å². The Hall–Kier alpha value is -0.790. The topological polar surface area (TPSA) is 28.7 Å². The molecule has 0 aromatic carbocycles. The van der Waals surface area contributed by atoms with Gasteiger partial charge in [0.1, 0.15) is 0 Å². The van der Waals surface area contributed by atoms with Crippen molar-refractivity contribution in [2.45, 2.75) is 39.5 Å². The van der Waals surface area contributed by atoms with Crippen LogP contribution in [0, 0.1) is 0 Å². The molecule has 0 fully saturated rings. The largest absolute Gasteiger partial charge is 0.282 e. The summed E-state index contributed by atoms with van der Waals surface area (Å²) in [5.41, 5.74) is 2.70. The third kappa shape index (κ3) is 2.07. The van der Waals surface area contributed by atoms with Crippen molar-refractivity contribution in [1.82, 2.24) is 10.2 Å². The Kier molecular flexibility index (Phi) is 3.14. The minimum Gasteiger partial charge on any atom is -0.282 e. The van der Waals surface area contributed by atoms with Crippen LogP contribution in [0.25, 0.3) is 0 Å². The minimum atomic E-state index is 1.09. The molecular weight excluding hydrogens is 136 g/mol. The molecule has 0 bridgehead atoms. The van der Waals surface area contributed by atoms with Crippen molar-refractivity contribution in [3.05, 3.63) is 17.5 Å². The summed E-state index contributed by atoms with van der Waals surface area (Å²) in [6, 6.07) is 0. The van der Waals surface area contributed by atoms with E-state index in [1.165, 1.54) is 24.1 Å². The predicted molar refractivity (Wildman–Crippen MR) is 46.6 cm³/mol. The molecule has 0 saturated carbocycles. The van der Waals surface area contributed by atoms with E-state index in [0.717, 1.165) is 12.8 Å². The number of rotatable bonds is 4. The summed E-state index contributed by atoms with van der Waals surface area (Å²) in [5, 5.41) is 7.06. The molecule has 0 spiro atoms. The Morgan fingerprint density at radius 2 is 2.27 bits per heavy atom. The van der Waals surface area contributed by atoms with Crippen LogP contribution in [-0.4, -0.2) is 10.2 Å². The van der Waals surface area contributed by atoms with Gasteiger partial charge in [-0.3, -0.25) is 5.10 Å². The zero-order valence-electron chi connectivity index (χ0n) is 7.35. The average Bonchev–Trinajstić information content (AvgIpc) is 2.47. The molecule has 0 atom stereocenters. The average molecular weight is 152 g/mol. The molecule has 0 amide bonds. The fourth-order valence-electron chi connectivity index (χ4n) is 1.21. The number of nitrogens with zero attached hydrogens (tertiary/aromatic N) is 1. The lowest BCUT2D eigenvalue weighted by atomic mass is 10.1. The molecule has 0 aliphatic heterocycles. The molecule has 2 heteroatoms. The Labute approximate surface area is 68.0 Å². The summed E-state index contributed by atoms with van der Waals surface area (Å²) in [4.78, 5) is 0. The van der Waals surface area contributed by atoms with E-state index in [4.69, 9.17) is 0 Å². The van der Waals surface area contributed by atoms with Crippen LogP contribution in [0.5, 0.6) is 0 Å². The van der Waals surface area contributed by atoms with Gasteiger partial charge < -0.3 is 0 Å². The van der Waals surface area contributed by atoms with Crippen molar-refractivity contribution in [3.63, 3.8) is 0 Å². The molecule has 62 valence electrons. The summed E-state index contributed by atoms with van der Waals surface area (Å²) < 4.78 is 0. The molecule has 11 heavy (non-hydrogen) atoms. The van der Waals surface area contributed by atoms with Crippen molar-refractivity contribution >= 4 is 0 Å². The molecule has 1 aromatic heterocycles. The van der Waals surface area contributed by atoms with Crippen LogP contribution < -0.4 is 0 Å². The third-order valence-electron chi connectivity index (χ3n) is 1.97. The van der Waals surface area contributed by atoms with E-state index < -0.39 is 0 Å². The van der Waals surface area contributed by atoms with E-state index in [-0.39, 0.29) is 0 Å². The Morgan fingerprint density at radius 1 is 1.45 bits per heavy atom. The highest BCUT2D eigenvalue weighted by atomic mass is 15.1. The number of aryl methyl sites for hydroxylation is 2. The molecule has 1 N–H and O–H groups in total. The number of aromatic amines is 1. The summed E-state index contributed by atoms with van der Waals surface area (Å²) >= 11 is 0. The second-order valence-electron chi connectivity index (χ2n) is 2.83. The Bertz CT molecular complexity index is 203. The second kappa shape index (κ2) is 4.16. The summed E-state index contributed by atoms with van der Waals surface area (Å²) in [6.45, 7) is 4.38. The van der Waals surface area contributed by atoms with Gasteiger partial charge >= 0.3 is 0 Å². The zero-order chi connectivity index (χ0) is 8.10. The molecule has 0 saturated heterocycles. The maximum Gasteiger partial charge on any atom is 0.0522 e. The normalized spacial score (nSPS) is 10.4. The minimum absolute atomic E-state index is 1.09. The smallest absolute Gasteiger partial charge is 0.0522 e. The molecule has 1 heterocycles. The van der Waals surface area contributed by atoms with Gasteiger partial charge in [0.2, 0.25) is 0 Å². The van der Waals surface area contributed by atoms with Gasteiger partial charge in [-0.15, -0.1) is 0 Å². The first-order chi connectivity index (χ1) is 5.38. The van der Waals surface area contributed by atoms with Crippen LogP contribution in [0.15, 0.2) is 6.20 Å². The van der Waals surface area contributed by atoms with Gasteiger partial charge in [0.15, 0.2) is 0 Å². The van der Waals surface area contributed by atoms with Crippen LogP contribution in [0.2, 0.25) is 0 Å². The molecular formula is C9H16N2. The number of H-pyrrole nitrogens is 1. The predicted octanol–water partition coefficient (Wildman–Crippen LogP) is 2.31. The number of unbranched alkanes of at least 4 members (excludes halogenated alkanes) is 1. The van der Waals surface area contributed by atoms with E-state index in [2.05, 4.69) is 24.0 Å². The first-order valence-electron chi connectivity index (χ1n) is 4.39. The molecule has 1 rings (SSSR count). The van der Waals surface area contributed by atoms with Crippen LogP contribution in [-0.2, 0) is 12.8 Å². The number of aromatic nitrogens is 2. The number of hydrogen-bond acceptors (Lipinski definition) is 1. The van der Waals surface area contributed by atoms with Gasteiger partial charge in [0, 0.05) is 5.69 Å². The van der Waals surface area contributed by atoms with Gasteiger partial charge in [0.05, 0.1) is 6.20 Å².